The van der Waals surface area contributed by atoms with Gasteiger partial charge in [-0.25, -0.2) is 27.8 Å². The van der Waals surface area contributed by atoms with Crippen LogP contribution in [0, 0.1) is 5.82 Å². The number of methoxy groups -OCH3 is 1. The monoisotopic (exact) mass is 589 g/mol. The summed E-state index contributed by atoms with van der Waals surface area (Å²) in [6.07, 6.45) is 7.06. The molecule has 0 bridgehead atoms. The molecule has 2 aromatic heterocycles. The summed E-state index contributed by atoms with van der Waals surface area (Å²) in [7, 11) is -2.90. The Kier molecular flexibility index (Phi) is 8.25. The molecular weight excluding hydrogens is 561 g/mol. The molecule has 2 aromatic carbocycles. The van der Waals surface area contributed by atoms with Gasteiger partial charge in [0.2, 0.25) is 11.8 Å². The Morgan fingerprint density at radius 2 is 1.79 bits per heavy atom. The topological polar surface area (TPSA) is 131 Å². The number of carbonyl (C=O) groups is 2. The highest BCUT2D eigenvalue weighted by atomic mass is 32.2. The second kappa shape index (κ2) is 12.0. The Morgan fingerprint density at radius 3 is 2.50 bits per heavy atom. The molecule has 1 aliphatic rings. The molecule has 1 saturated heterocycles. The van der Waals surface area contributed by atoms with Crippen molar-refractivity contribution in [1.29, 1.82) is 0 Å². The van der Waals surface area contributed by atoms with Gasteiger partial charge in [-0.05, 0) is 61.7 Å². The van der Waals surface area contributed by atoms with E-state index in [4.69, 9.17) is 4.74 Å². The highest BCUT2D eigenvalue weighted by Crippen LogP contribution is 2.35. The van der Waals surface area contributed by atoms with Crippen molar-refractivity contribution in [2.75, 3.05) is 24.9 Å². The smallest absolute Gasteiger partial charge is 0.264 e. The highest BCUT2D eigenvalue weighted by Gasteiger charge is 2.26. The fourth-order valence-corrected chi connectivity index (χ4v) is 6.09. The van der Waals surface area contributed by atoms with Gasteiger partial charge in [-0.2, -0.15) is 0 Å². The Balaban J connectivity index is 1.43. The van der Waals surface area contributed by atoms with Crippen LogP contribution in [-0.4, -0.2) is 60.2 Å². The molecule has 5 rings (SSSR count). The molecule has 1 aliphatic heterocycles. The minimum atomic E-state index is -4.26. The first-order valence-corrected chi connectivity index (χ1v) is 14.7. The van der Waals surface area contributed by atoms with E-state index in [9.17, 15) is 22.4 Å². The van der Waals surface area contributed by atoms with E-state index in [0.29, 0.717) is 31.5 Å². The van der Waals surface area contributed by atoms with Crippen LogP contribution < -0.4 is 9.46 Å². The number of sulfonamides is 1. The maximum atomic E-state index is 14.3. The minimum absolute atomic E-state index is 0.0305. The van der Waals surface area contributed by atoms with Gasteiger partial charge in [0.25, 0.3) is 10.0 Å². The molecule has 12 heteroatoms. The third kappa shape index (κ3) is 6.13. The van der Waals surface area contributed by atoms with Gasteiger partial charge in [-0.1, -0.05) is 18.2 Å². The van der Waals surface area contributed by atoms with Crippen LogP contribution in [0.3, 0.4) is 0 Å². The second-order valence-corrected chi connectivity index (χ2v) is 11.5. The summed E-state index contributed by atoms with van der Waals surface area (Å²) in [6.45, 7) is 2.47. The zero-order valence-electron chi connectivity index (χ0n) is 23.0. The number of rotatable bonds is 8. The highest BCUT2D eigenvalue weighted by molar-refractivity contribution is 7.92. The van der Waals surface area contributed by atoms with Gasteiger partial charge in [0.15, 0.2) is 5.78 Å². The number of nitrogens with one attached hydrogen (secondary N) is 1. The molecule has 0 aliphatic carbocycles. The van der Waals surface area contributed by atoms with Gasteiger partial charge in [0, 0.05) is 42.2 Å². The van der Waals surface area contributed by atoms with Crippen molar-refractivity contribution in [2.24, 2.45) is 0 Å². The second-order valence-electron chi connectivity index (χ2n) is 9.85. The minimum Gasteiger partial charge on any atom is -0.480 e. The molecule has 0 saturated carbocycles. The number of pyridine rings is 1. The maximum absolute atomic E-state index is 14.3. The first kappa shape index (κ1) is 28.8. The molecule has 216 valence electrons. The van der Waals surface area contributed by atoms with Gasteiger partial charge >= 0.3 is 0 Å². The quantitative estimate of drug-likeness (QED) is 0.298. The lowest BCUT2D eigenvalue weighted by Gasteiger charge is -2.31. The fraction of sp³-hybridized carbons (Fsp3) is 0.233. The summed E-state index contributed by atoms with van der Waals surface area (Å²) in [4.78, 5) is 38.1. The normalized spacial score (nSPS) is 14.3. The average Bonchev–Trinajstić information content (AvgIpc) is 2.99. The van der Waals surface area contributed by atoms with Gasteiger partial charge in [-0.3, -0.25) is 14.3 Å². The molecule has 0 unspecified atom stereocenters. The van der Waals surface area contributed by atoms with Gasteiger partial charge in [0.05, 0.1) is 18.3 Å². The van der Waals surface area contributed by atoms with Crippen LogP contribution in [-0.2, 0) is 19.6 Å². The molecule has 10 nitrogen and oxygen atoms in total. The number of ether oxygens (including phenoxy) is 1. The van der Waals surface area contributed by atoms with Crippen LogP contribution >= 0.6 is 0 Å². The number of fused-ring (bicyclic) bond motifs is 1. The zero-order chi connectivity index (χ0) is 29.9. The number of benzene rings is 2. The van der Waals surface area contributed by atoms with Gasteiger partial charge in [0.1, 0.15) is 22.7 Å². The molecule has 0 spiro atoms. The molecule has 4 aromatic rings. The van der Waals surface area contributed by atoms with Crippen molar-refractivity contribution >= 4 is 38.3 Å². The van der Waals surface area contributed by atoms with E-state index in [1.807, 2.05) is 18.2 Å². The lowest BCUT2D eigenvalue weighted by Crippen LogP contribution is -2.37. The van der Waals surface area contributed by atoms with Crippen molar-refractivity contribution in [3.05, 3.63) is 84.7 Å². The maximum Gasteiger partial charge on any atom is 0.264 e. The van der Waals surface area contributed by atoms with Gasteiger partial charge < -0.3 is 9.64 Å². The Hall–Kier alpha value is -4.71. The number of nitrogens with zero attached hydrogens (tertiary/aromatic N) is 4. The van der Waals surface area contributed by atoms with Gasteiger partial charge in [-0.15, -0.1) is 0 Å². The molecule has 0 atom stereocenters. The Labute approximate surface area is 242 Å². The predicted molar refractivity (Wildman–Crippen MR) is 155 cm³/mol. The summed E-state index contributed by atoms with van der Waals surface area (Å²) in [5, 5.41) is 0.834. The first-order valence-electron chi connectivity index (χ1n) is 13.2. The number of amides is 1. The molecule has 1 N–H and O–H groups in total. The number of allylic oxidation sites excluding steroid dienone is 1. The van der Waals surface area contributed by atoms with E-state index >= 15 is 0 Å². The van der Waals surface area contributed by atoms with E-state index in [1.54, 1.807) is 17.2 Å². The number of carbonyl (C=O) groups excluding carboxylic acids is 2. The third-order valence-corrected chi connectivity index (χ3v) is 8.47. The molecule has 0 radical (unpaired) electrons. The average molecular weight is 590 g/mol. The van der Waals surface area contributed by atoms with Crippen LogP contribution in [0.2, 0.25) is 0 Å². The van der Waals surface area contributed by atoms with E-state index < -0.39 is 20.7 Å². The number of hydrogen-bond donors (Lipinski definition) is 1. The summed E-state index contributed by atoms with van der Waals surface area (Å²) in [5.74, 6) is -1.13. The fourth-order valence-electron chi connectivity index (χ4n) is 4.96. The van der Waals surface area contributed by atoms with Crippen molar-refractivity contribution in [2.45, 2.75) is 30.6 Å². The third-order valence-electron chi connectivity index (χ3n) is 7.07. The van der Waals surface area contributed by atoms with Crippen LogP contribution in [0.1, 0.15) is 31.4 Å². The number of likely N-dealkylation sites (tertiary alicyclic amines) is 1. The molecule has 3 heterocycles. The molecular formula is C30H28FN5O5S. The number of halogens is 1. The van der Waals surface area contributed by atoms with Crippen molar-refractivity contribution < 1.29 is 27.1 Å². The summed E-state index contributed by atoms with van der Waals surface area (Å²) >= 11 is 0. The molecule has 1 fully saturated rings. The number of hydrogen-bond acceptors (Lipinski definition) is 8. The Bertz CT molecular complexity index is 1800. The summed E-state index contributed by atoms with van der Waals surface area (Å²) in [6, 6.07) is 12.3. The number of anilines is 1. The standard InChI is InChI=1S/C30H28FN5O5S/c1-19(37)7-10-28(38)36-13-11-20(12-14-36)29-23-15-21(8-9-25(23)33-18-34-29)22-16-26(30(41-2)32-17-22)35-42(39,40)27-6-4-3-5-24(27)31/h3-10,15-18,20,35H,11-14H2,1-2H3/b10-7+. The summed E-state index contributed by atoms with van der Waals surface area (Å²) in [5.41, 5.74) is 2.99. The summed E-state index contributed by atoms with van der Waals surface area (Å²) < 4.78 is 47.9. The van der Waals surface area contributed by atoms with Crippen LogP contribution in [0.15, 0.2) is 78.1 Å². The van der Waals surface area contributed by atoms with Crippen molar-refractivity contribution in [1.82, 2.24) is 19.9 Å². The number of ketones is 1. The SMILES string of the molecule is COc1ncc(-c2ccc3ncnc(C4CCN(C(=O)/C=C/C(C)=O)CC4)c3c2)cc1NS(=O)(=O)c1ccccc1F. The first-order chi connectivity index (χ1) is 20.2. The van der Waals surface area contributed by atoms with E-state index in [2.05, 4.69) is 19.7 Å². The Morgan fingerprint density at radius 1 is 1.02 bits per heavy atom. The number of piperidine rings is 1. The van der Waals surface area contributed by atoms with Crippen LogP contribution in [0.5, 0.6) is 5.88 Å². The van der Waals surface area contributed by atoms with Crippen LogP contribution in [0.25, 0.3) is 22.0 Å². The molecule has 42 heavy (non-hydrogen) atoms. The lowest BCUT2D eigenvalue weighted by molar-refractivity contribution is -0.127. The van der Waals surface area contributed by atoms with E-state index in [0.717, 1.165) is 28.2 Å². The van der Waals surface area contributed by atoms with Crippen molar-refractivity contribution in [3.8, 4) is 17.0 Å². The lowest BCUT2D eigenvalue weighted by atomic mass is 9.90. The van der Waals surface area contributed by atoms with Crippen molar-refractivity contribution in [3.63, 3.8) is 0 Å². The number of aromatic nitrogens is 3. The molecule has 1 amide bonds. The largest absolute Gasteiger partial charge is 0.480 e. The van der Waals surface area contributed by atoms with Crippen LogP contribution in [0.4, 0.5) is 10.1 Å². The van der Waals surface area contributed by atoms with E-state index in [-0.39, 0.29) is 29.2 Å². The van der Waals surface area contributed by atoms with E-state index in [1.165, 1.54) is 50.7 Å². The predicted octanol–water partition coefficient (Wildman–Crippen LogP) is 4.49. The zero-order valence-corrected chi connectivity index (χ0v) is 23.8.